The minimum atomic E-state index is -0.705. The largest absolute Gasteiger partial charge is 0.508 e. The molecule has 8 nitrogen and oxygen atoms in total. The molecule has 2 saturated heterocycles. The van der Waals surface area contributed by atoms with Gasteiger partial charge in [0.15, 0.2) is 0 Å². The van der Waals surface area contributed by atoms with Crippen LogP contribution in [0.25, 0.3) is 0 Å². The van der Waals surface area contributed by atoms with Crippen molar-refractivity contribution in [3.8, 4) is 11.5 Å². The Balaban J connectivity index is 1.39. The highest BCUT2D eigenvalue weighted by Crippen LogP contribution is 2.58. The van der Waals surface area contributed by atoms with Gasteiger partial charge in [-0.1, -0.05) is 12.2 Å². The van der Waals surface area contributed by atoms with Crippen LogP contribution in [-0.2, 0) is 19.2 Å². The Morgan fingerprint density at radius 2 is 0.781 bits per heavy atom. The van der Waals surface area contributed by atoms with Crippen LogP contribution in [0.4, 0.5) is 11.4 Å². The van der Waals surface area contributed by atoms with E-state index in [0.717, 1.165) is 9.80 Å². The number of hydrogen-bond acceptors (Lipinski definition) is 6. The van der Waals surface area contributed by atoms with Crippen molar-refractivity contribution in [2.24, 2.45) is 35.5 Å². The molecule has 2 aromatic rings. The second kappa shape index (κ2) is 6.29. The Kier molecular flexibility index (Phi) is 3.69. The summed E-state index contributed by atoms with van der Waals surface area (Å²) < 4.78 is 0. The molecule has 7 rings (SSSR count). The highest BCUT2D eigenvalue weighted by atomic mass is 16.3. The van der Waals surface area contributed by atoms with Crippen molar-refractivity contribution in [1.82, 2.24) is 0 Å². The molecule has 2 N–H and O–H groups in total. The van der Waals surface area contributed by atoms with E-state index in [2.05, 4.69) is 0 Å². The van der Waals surface area contributed by atoms with Crippen LogP contribution < -0.4 is 9.80 Å². The van der Waals surface area contributed by atoms with Gasteiger partial charge in [-0.05, 0) is 48.5 Å². The maximum atomic E-state index is 13.4. The number of phenols is 2. The van der Waals surface area contributed by atoms with Gasteiger partial charge >= 0.3 is 0 Å². The monoisotopic (exact) mass is 430 g/mol. The Morgan fingerprint density at radius 3 is 1.06 bits per heavy atom. The fourth-order valence-corrected chi connectivity index (χ4v) is 5.94. The summed E-state index contributed by atoms with van der Waals surface area (Å²) in [6, 6.07) is 11.6. The highest BCUT2D eigenvalue weighted by molar-refractivity contribution is 6.26. The molecule has 2 bridgehead atoms. The molecule has 3 fully saturated rings. The van der Waals surface area contributed by atoms with Crippen LogP contribution in [0.15, 0.2) is 60.7 Å². The maximum Gasteiger partial charge on any atom is 0.238 e. The Hall–Kier alpha value is -3.94. The molecule has 1 saturated carbocycles. The first-order valence-electron chi connectivity index (χ1n) is 10.4. The average molecular weight is 430 g/mol. The molecular formula is C24H18N2O6. The van der Waals surface area contributed by atoms with Gasteiger partial charge in [0.05, 0.1) is 35.0 Å². The molecule has 0 spiro atoms. The summed E-state index contributed by atoms with van der Waals surface area (Å²) in [5, 5.41) is 19.1. The van der Waals surface area contributed by atoms with E-state index in [1.807, 2.05) is 12.2 Å². The van der Waals surface area contributed by atoms with E-state index < -0.39 is 35.5 Å². The summed E-state index contributed by atoms with van der Waals surface area (Å²) in [6.45, 7) is 0. The number of benzene rings is 2. The number of carbonyl (C=O) groups is 4. The fraction of sp³-hybridized carbons (Fsp3) is 0.250. The molecule has 2 aromatic carbocycles. The van der Waals surface area contributed by atoms with E-state index in [-0.39, 0.29) is 35.1 Å². The van der Waals surface area contributed by atoms with Gasteiger partial charge in [0.2, 0.25) is 23.6 Å². The van der Waals surface area contributed by atoms with E-state index in [0.29, 0.717) is 11.4 Å². The molecule has 8 heteroatoms. The summed E-state index contributed by atoms with van der Waals surface area (Å²) in [6.07, 6.45) is 3.62. The number of rotatable bonds is 2. The van der Waals surface area contributed by atoms with Gasteiger partial charge in [0.25, 0.3) is 0 Å². The van der Waals surface area contributed by atoms with Crippen molar-refractivity contribution in [3.05, 3.63) is 60.7 Å². The van der Waals surface area contributed by atoms with E-state index in [4.69, 9.17) is 0 Å². The number of nitrogens with zero attached hydrogens (tertiary/aromatic N) is 2. The summed E-state index contributed by atoms with van der Waals surface area (Å²) in [7, 11) is 0. The fourth-order valence-electron chi connectivity index (χ4n) is 5.94. The lowest BCUT2D eigenvalue weighted by atomic mass is 9.54. The van der Waals surface area contributed by atoms with Crippen molar-refractivity contribution >= 4 is 35.0 Å². The standard InChI is InChI=1S/C24H18N2O6/c27-13-5-1-11(2-6-13)25-21(29)17-15-9-10-16(18(17)22(25)30)20-19(15)23(31)26(24(20)32)12-3-7-14(28)8-4-12/h1-10,15-20,27-28H/t15?,16?,17-,18-,19-,20+/m1/s1. The van der Waals surface area contributed by atoms with Crippen molar-refractivity contribution in [2.45, 2.75) is 0 Å². The molecule has 6 atom stereocenters. The van der Waals surface area contributed by atoms with Crippen LogP contribution in [0.2, 0.25) is 0 Å². The second-order valence-corrected chi connectivity index (χ2v) is 8.70. The zero-order chi connectivity index (χ0) is 22.3. The molecule has 2 aliphatic heterocycles. The summed E-state index contributed by atoms with van der Waals surface area (Å²) >= 11 is 0. The third-order valence-corrected chi connectivity index (χ3v) is 7.23. The predicted molar refractivity (Wildman–Crippen MR) is 111 cm³/mol. The molecule has 3 aliphatic carbocycles. The third-order valence-electron chi connectivity index (χ3n) is 7.23. The number of imide groups is 2. The Morgan fingerprint density at radius 1 is 0.500 bits per heavy atom. The van der Waals surface area contributed by atoms with E-state index in [1.54, 1.807) is 0 Å². The number of phenolic OH excluding ortho intramolecular Hbond substituents is 2. The van der Waals surface area contributed by atoms with Gasteiger partial charge in [0, 0.05) is 11.8 Å². The number of amides is 4. The van der Waals surface area contributed by atoms with Gasteiger partial charge < -0.3 is 10.2 Å². The summed E-state index contributed by atoms with van der Waals surface area (Å²) in [4.78, 5) is 55.7. The first-order valence-corrected chi connectivity index (χ1v) is 10.4. The van der Waals surface area contributed by atoms with Crippen molar-refractivity contribution < 1.29 is 29.4 Å². The Bertz CT molecular complexity index is 1080. The summed E-state index contributed by atoms with van der Waals surface area (Å²) in [5.41, 5.74) is 0.722. The van der Waals surface area contributed by atoms with Crippen molar-refractivity contribution in [1.29, 1.82) is 0 Å². The number of anilines is 2. The van der Waals surface area contributed by atoms with Crippen LogP contribution in [0.5, 0.6) is 11.5 Å². The van der Waals surface area contributed by atoms with Gasteiger partial charge in [0.1, 0.15) is 11.5 Å². The normalized spacial score (nSPS) is 32.6. The van der Waals surface area contributed by atoms with Gasteiger partial charge in [-0.3, -0.25) is 29.0 Å². The number of carbonyl (C=O) groups excluding carboxylic acids is 4. The molecule has 4 amide bonds. The van der Waals surface area contributed by atoms with Crippen molar-refractivity contribution in [2.75, 3.05) is 9.80 Å². The lowest BCUT2D eigenvalue weighted by molar-refractivity contribution is -0.137. The van der Waals surface area contributed by atoms with Crippen LogP contribution in [0, 0.1) is 35.5 Å². The first-order chi connectivity index (χ1) is 15.4. The SMILES string of the molecule is O=C1[C@@H]2C3C=CC([C@H]2C(=O)N1c1ccc(O)cc1)[C@@H]1C(=O)N(c2ccc(O)cc2)C(=O)[C@H]31. The molecule has 0 aromatic heterocycles. The van der Waals surface area contributed by atoms with Crippen LogP contribution in [0.1, 0.15) is 0 Å². The van der Waals surface area contributed by atoms with E-state index in [1.165, 1.54) is 48.5 Å². The highest BCUT2D eigenvalue weighted by Gasteiger charge is 2.68. The molecule has 5 aliphatic rings. The Labute approximate surface area is 182 Å². The van der Waals surface area contributed by atoms with Crippen LogP contribution in [-0.4, -0.2) is 33.8 Å². The number of hydrogen-bond donors (Lipinski definition) is 2. The quantitative estimate of drug-likeness (QED) is 0.555. The van der Waals surface area contributed by atoms with E-state index >= 15 is 0 Å². The predicted octanol–water partition coefficient (Wildman–Crippen LogP) is 1.82. The summed E-state index contributed by atoms with van der Waals surface area (Å²) in [5.74, 6) is -5.41. The van der Waals surface area contributed by atoms with Gasteiger partial charge in [-0.25, -0.2) is 0 Å². The van der Waals surface area contributed by atoms with Crippen molar-refractivity contribution in [3.63, 3.8) is 0 Å². The molecule has 2 unspecified atom stereocenters. The van der Waals surface area contributed by atoms with Crippen LogP contribution >= 0.6 is 0 Å². The number of allylic oxidation sites excluding steroid dienone is 2. The van der Waals surface area contributed by atoms with Gasteiger partial charge in [-0.2, -0.15) is 0 Å². The molecule has 160 valence electrons. The second-order valence-electron chi connectivity index (χ2n) is 8.70. The molecule has 32 heavy (non-hydrogen) atoms. The van der Waals surface area contributed by atoms with Crippen LogP contribution in [0.3, 0.4) is 0 Å². The minimum absolute atomic E-state index is 0.0204. The zero-order valence-corrected chi connectivity index (χ0v) is 16.7. The van der Waals surface area contributed by atoms with Gasteiger partial charge in [-0.15, -0.1) is 0 Å². The molecular weight excluding hydrogens is 412 g/mol. The maximum absolute atomic E-state index is 13.4. The molecule has 0 radical (unpaired) electrons. The zero-order valence-electron chi connectivity index (χ0n) is 16.7. The first kappa shape index (κ1) is 18.8. The average Bonchev–Trinajstić information content (AvgIpc) is 3.23. The smallest absolute Gasteiger partial charge is 0.238 e. The van der Waals surface area contributed by atoms with E-state index in [9.17, 15) is 29.4 Å². The minimum Gasteiger partial charge on any atom is -0.508 e. The lowest BCUT2D eigenvalue weighted by Crippen LogP contribution is -2.50. The number of aromatic hydroxyl groups is 2. The molecule has 2 heterocycles. The topological polar surface area (TPSA) is 115 Å². The third kappa shape index (κ3) is 2.26. The lowest BCUT2D eigenvalue weighted by Gasteiger charge is -2.44.